The second kappa shape index (κ2) is 20.1. The summed E-state index contributed by atoms with van der Waals surface area (Å²) in [5, 5.41) is 32.2. The smallest absolute Gasteiger partial charge is 0.308 e. The Hall–Kier alpha value is -1.77. The molecule has 20 heteroatoms. The van der Waals surface area contributed by atoms with Gasteiger partial charge in [-0.2, -0.15) is 0 Å². The number of rotatable bonds is 2. The van der Waals surface area contributed by atoms with E-state index >= 15 is 0 Å². The van der Waals surface area contributed by atoms with Gasteiger partial charge in [-0.15, -0.1) is 0 Å². The molecule has 12 bridgehead atoms. The number of hydrogen-bond donors (Lipinski definition) is 3. The van der Waals surface area contributed by atoms with Gasteiger partial charge in [0.15, 0.2) is 17.4 Å². The zero-order chi connectivity index (χ0) is 56.1. The summed E-state index contributed by atoms with van der Waals surface area (Å²) in [7, 11) is 0. The summed E-state index contributed by atoms with van der Waals surface area (Å²) in [6.45, 7) is 19.4. The zero-order valence-corrected chi connectivity index (χ0v) is 48.2. The first-order valence-electron chi connectivity index (χ1n) is 31.9. The van der Waals surface area contributed by atoms with Crippen LogP contribution in [0.4, 0.5) is 0 Å². The summed E-state index contributed by atoms with van der Waals surface area (Å²) in [6, 6.07) is 0. The molecule has 17 rings (SSSR count). The fourth-order valence-corrected chi connectivity index (χ4v) is 19.2. The standard InChI is InChI=1S/C62H88O20/c1-26-14-32-8-10-36-27(2)15-34(67-36)12-13-62-58(66)59(7)57(82-62)56-55(79-59)54(81-62)53-37(72-56)11-9-33(69-53)16-48(65)75-52-31(6)51-44(71-43(52)17-38(68-32)30(26)5)20-42-46(74-51)23-61(76-42)24-47-50(80-61)29(4)22-60(78-47)21-28(3)49-45(77-60)19-40-41(73-49)18-39(70-40)35(64)25-63/h26,28-29,31-47,49-58,63-64,66H,2,5,8-25H2,1,3-4,6-7H3. The Morgan fingerprint density at radius 1 is 0.537 bits per heavy atom. The lowest BCUT2D eigenvalue weighted by Gasteiger charge is -2.54. The molecule has 0 amide bonds. The molecular formula is C62H88O20. The summed E-state index contributed by atoms with van der Waals surface area (Å²) in [6.07, 6.45) is -0.316. The van der Waals surface area contributed by atoms with Crippen molar-refractivity contribution in [1.82, 2.24) is 0 Å². The van der Waals surface area contributed by atoms with Crippen LogP contribution in [0.3, 0.4) is 0 Å². The van der Waals surface area contributed by atoms with Gasteiger partial charge in [-0.05, 0) is 80.8 Å². The molecule has 82 heavy (non-hydrogen) atoms. The van der Waals surface area contributed by atoms with E-state index in [-0.39, 0.29) is 128 Å². The van der Waals surface area contributed by atoms with Crippen LogP contribution in [0, 0.1) is 23.7 Å². The molecule has 0 radical (unpaired) electrons. The molecule has 17 saturated heterocycles. The van der Waals surface area contributed by atoms with Crippen molar-refractivity contribution < 1.29 is 95.9 Å². The molecule has 17 aliphatic rings. The third-order valence-corrected chi connectivity index (χ3v) is 23.2. The SMILES string of the molecule is C=C1CC2CCC34OC5C6OC(CCC6OC6C5OC(C)(C6O3)C4O)CC(=O)OC3C(CC4OC(CCC1O2)CC(C)C4=C)OC1CC2OC4(CC2OC1C3C)CC1OC2(CC(C)C3OC5CC(C(O)CO)OC5CC3O2)CC(C)C1O4. The normalized spacial score (nSPS) is 59.6. The van der Waals surface area contributed by atoms with Crippen molar-refractivity contribution in [2.45, 2.75) is 325 Å². The monoisotopic (exact) mass is 1150 g/mol. The lowest BCUT2D eigenvalue weighted by Crippen LogP contribution is -2.63. The number of aliphatic hydroxyl groups excluding tert-OH is 3. The van der Waals surface area contributed by atoms with Gasteiger partial charge in [0.2, 0.25) is 0 Å². The number of esters is 1. The molecule has 0 saturated carbocycles. The van der Waals surface area contributed by atoms with Crippen molar-refractivity contribution in [2.75, 3.05) is 6.61 Å². The predicted molar refractivity (Wildman–Crippen MR) is 282 cm³/mol. The van der Waals surface area contributed by atoms with Gasteiger partial charge in [-0.25, -0.2) is 0 Å². The molecule has 0 aliphatic carbocycles. The third-order valence-electron chi connectivity index (χ3n) is 23.2. The Balaban J connectivity index is 0.633. The van der Waals surface area contributed by atoms with Crippen molar-refractivity contribution in [3.8, 4) is 0 Å². The second-order valence-electron chi connectivity index (χ2n) is 28.8. The van der Waals surface area contributed by atoms with Crippen LogP contribution in [0.2, 0.25) is 0 Å². The Labute approximate surface area is 480 Å². The molecule has 3 N–H and O–H groups in total. The van der Waals surface area contributed by atoms with Gasteiger partial charge in [0.05, 0.1) is 123 Å². The maximum atomic E-state index is 14.6. The first-order chi connectivity index (χ1) is 39.3. The van der Waals surface area contributed by atoms with Crippen molar-refractivity contribution in [2.24, 2.45) is 23.7 Å². The van der Waals surface area contributed by atoms with Crippen molar-refractivity contribution in [1.29, 1.82) is 0 Å². The van der Waals surface area contributed by atoms with E-state index in [1.165, 1.54) is 0 Å². The molecule has 0 aromatic rings. The Kier molecular flexibility index (Phi) is 13.6. The van der Waals surface area contributed by atoms with E-state index in [4.69, 9.17) is 75.8 Å². The van der Waals surface area contributed by atoms with Crippen LogP contribution in [-0.2, 0) is 80.6 Å². The van der Waals surface area contributed by atoms with Gasteiger partial charge >= 0.3 is 5.97 Å². The third kappa shape index (κ3) is 8.88. The molecular weight excluding hydrogens is 1060 g/mol. The van der Waals surface area contributed by atoms with Gasteiger partial charge in [0.1, 0.15) is 54.4 Å². The minimum atomic E-state index is -1.35. The van der Waals surface area contributed by atoms with Gasteiger partial charge in [-0.3, -0.25) is 4.79 Å². The Morgan fingerprint density at radius 3 is 2.06 bits per heavy atom. The van der Waals surface area contributed by atoms with Crippen LogP contribution in [0.1, 0.15) is 144 Å². The van der Waals surface area contributed by atoms with Crippen molar-refractivity contribution in [3.63, 3.8) is 0 Å². The summed E-state index contributed by atoms with van der Waals surface area (Å²) < 4.78 is 110. The van der Waals surface area contributed by atoms with E-state index < -0.39 is 96.2 Å². The van der Waals surface area contributed by atoms with Crippen molar-refractivity contribution >= 4 is 5.97 Å². The van der Waals surface area contributed by atoms with Crippen LogP contribution in [0.5, 0.6) is 0 Å². The van der Waals surface area contributed by atoms with Crippen LogP contribution in [-0.4, -0.2) is 210 Å². The average Bonchev–Trinajstić information content (AvgIpc) is 3.69. The summed E-state index contributed by atoms with van der Waals surface area (Å²) in [5.74, 6) is -3.28. The highest BCUT2D eigenvalue weighted by Crippen LogP contribution is 2.60. The van der Waals surface area contributed by atoms with Crippen molar-refractivity contribution in [3.05, 3.63) is 24.3 Å². The van der Waals surface area contributed by atoms with Crippen LogP contribution >= 0.6 is 0 Å². The number of carbonyl (C=O) groups is 1. The van der Waals surface area contributed by atoms with Gasteiger partial charge < -0.3 is 91.1 Å². The van der Waals surface area contributed by atoms with Crippen LogP contribution in [0.25, 0.3) is 0 Å². The predicted octanol–water partition coefficient (Wildman–Crippen LogP) is 4.69. The van der Waals surface area contributed by atoms with Crippen LogP contribution < -0.4 is 0 Å². The van der Waals surface area contributed by atoms with E-state index in [0.717, 1.165) is 30.4 Å². The minimum absolute atomic E-state index is 0.0178. The lowest BCUT2D eigenvalue weighted by atomic mass is 9.78. The Morgan fingerprint density at radius 2 is 1.22 bits per heavy atom. The minimum Gasteiger partial charge on any atom is -0.459 e. The number of fused-ring (bicyclic) bond motifs is 11. The molecule has 0 aromatic carbocycles. The molecule has 456 valence electrons. The molecule has 34 unspecified atom stereocenters. The molecule has 20 nitrogen and oxygen atoms in total. The quantitative estimate of drug-likeness (QED) is 0.252. The summed E-state index contributed by atoms with van der Waals surface area (Å²) >= 11 is 0. The topological polar surface area (TPSA) is 225 Å². The molecule has 17 heterocycles. The first kappa shape index (κ1) is 55.5. The molecule has 34 atom stereocenters. The summed E-state index contributed by atoms with van der Waals surface area (Å²) in [4.78, 5) is 14.6. The number of carbonyl (C=O) groups excluding carboxylic acids is 1. The van der Waals surface area contributed by atoms with E-state index in [1.54, 1.807) is 0 Å². The fraction of sp³-hybridized carbons (Fsp3) is 0.919. The molecule has 0 aromatic heterocycles. The maximum Gasteiger partial charge on any atom is 0.308 e. The zero-order valence-electron chi connectivity index (χ0n) is 48.2. The average molecular weight is 1150 g/mol. The van der Waals surface area contributed by atoms with Gasteiger partial charge in [0, 0.05) is 63.7 Å². The van der Waals surface area contributed by atoms with E-state index in [0.29, 0.717) is 83.5 Å². The Bertz CT molecular complexity index is 2500. The number of hydrogen-bond acceptors (Lipinski definition) is 20. The summed E-state index contributed by atoms with van der Waals surface area (Å²) in [5.41, 5.74) is 1.04. The van der Waals surface area contributed by atoms with Gasteiger partial charge in [0.25, 0.3) is 0 Å². The second-order valence-corrected chi connectivity index (χ2v) is 28.8. The van der Waals surface area contributed by atoms with Crippen LogP contribution in [0.15, 0.2) is 24.3 Å². The van der Waals surface area contributed by atoms with E-state index in [9.17, 15) is 20.1 Å². The molecule has 17 fully saturated rings. The highest BCUT2D eigenvalue weighted by atomic mass is 16.8. The number of aliphatic hydroxyl groups is 3. The maximum absolute atomic E-state index is 14.6. The fourth-order valence-electron chi connectivity index (χ4n) is 19.2. The highest BCUT2D eigenvalue weighted by Gasteiger charge is 2.77. The molecule has 17 aliphatic heterocycles. The van der Waals surface area contributed by atoms with E-state index in [1.807, 2.05) is 6.92 Å². The van der Waals surface area contributed by atoms with E-state index in [2.05, 4.69) is 40.9 Å². The lowest BCUT2D eigenvalue weighted by molar-refractivity contribution is -0.369. The molecule has 3 spiro atoms. The van der Waals surface area contributed by atoms with Gasteiger partial charge in [-0.1, -0.05) is 40.9 Å². The highest BCUT2D eigenvalue weighted by molar-refractivity contribution is 5.70. The number of ether oxygens (including phenoxy) is 16. The largest absolute Gasteiger partial charge is 0.459 e. The first-order valence-corrected chi connectivity index (χ1v) is 31.9.